The van der Waals surface area contributed by atoms with Gasteiger partial charge in [-0.1, -0.05) is 38.0 Å². The highest BCUT2D eigenvalue weighted by Gasteiger charge is 2.36. The van der Waals surface area contributed by atoms with Gasteiger partial charge in [0.2, 0.25) is 12.7 Å². The molecule has 1 heterocycles. The molecule has 0 spiro atoms. The van der Waals surface area contributed by atoms with E-state index in [1.807, 2.05) is 12.1 Å². The SMILES string of the molecule is C=C(OCOC(=O)C1CCCCC1)c1cccc2c1OB(O)[C@@H](NC(C)=O)C2. The monoisotopic (exact) mass is 387 g/mol. The zero-order valence-electron chi connectivity index (χ0n) is 16.1. The van der Waals surface area contributed by atoms with Gasteiger partial charge in [-0.05, 0) is 30.9 Å². The molecule has 1 saturated carbocycles. The lowest BCUT2D eigenvalue weighted by atomic mass is 9.72. The van der Waals surface area contributed by atoms with Crippen molar-refractivity contribution < 1.29 is 28.7 Å². The zero-order chi connectivity index (χ0) is 20.1. The Bertz CT molecular complexity index is 746. The van der Waals surface area contributed by atoms with Crippen molar-refractivity contribution in [2.24, 2.45) is 5.92 Å². The second-order valence-corrected chi connectivity index (χ2v) is 7.30. The van der Waals surface area contributed by atoms with Gasteiger partial charge in [-0.25, -0.2) is 0 Å². The third kappa shape index (κ3) is 4.87. The molecule has 28 heavy (non-hydrogen) atoms. The van der Waals surface area contributed by atoms with E-state index in [9.17, 15) is 14.6 Å². The first kappa shape index (κ1) is 20.3. The van der Waals surface area contributed by atoms with Crippen LogP contribution < -0.4 is 9.97 Å². The highest BCUT2D eigenvalue weighted by Crippen LogP contribution is 2.34. The van der Waals surface area contributed by atoms with Crippen molar-refractivity contribution in [3.63, 3.8) is 0 Å². The summed E-state index contributed by atoms with van der Waals surface area (Å²) in [5.74, 6) is -0.281. The van der Waals surface area contributed by atoms with Gasteiger partial charge in [0, 0.05) is 6.92 Å². The van der Waals surface area contributed by atoms with E-state index in [0.29, 0.717) is 23.5 Å². The summed E-state index contributed by atoms with van der Waals surface area (Å²) in [4.78, 5) is 23.4. The van der Waals surface area contributed by atoms with Crippen molar-refractivity contribution >= 4 is 24.8 Å². The minimum Gasteiger partial charge on any atom is -0.534 e. The van der Waals surface area contributed by atoms with Crippen LogP contribution >= 0.6 is 0 Å². The van der Waals surface area contributed by atoms with Gasteiger partial charge in [-0.2, -0.15) is 0 Å². The fourth-order valence-electron chi connectivity index (χ4n) is 3.72. The molecule has 1 fully saturated rings. The predicted molar refractivity (Wildman–Crippen MR) is 104 cm³/mol. The fourth-order valence-corrected chi connectivity index (χ4v) is 3.72. The first-order valence-corrected chi connectivity index (χ1v) is 9.68. The van der Waals surface area contributed by atoms with Crippen LogP contribution in [-0.2, 0) is 25.5 Å². The average Bonchev–Trinajstić information content (AvgIpc) is 2.68. The molecule has 8 heteroatoms. The number of hydrogen-bond donors (Lipinski definition) is 2. The molecule has 0 unspecified atom stereocenters. The maximum Gasteiger partial charge on any atom is 0.547 e. The normalized spacial score (nSPS) is 19.2. The number of esters is 1. The third-order valence-electron chi connectivity index (χ3n) is 5.18. The molecule has 3 rings (SSSR count). The Hall–Kier alpha value is -2.48. The standard InChI is InChI=1S/C20H26BNO6/c1-13(26-12-27-20(24)15-7-4-3-5-8-15)17-10-6-9-16-11-18(22-14(2)23)21(25)28-19(16)17/h6,9-10,15,18,25H,1,3-5,7-8,11-12H2,2H3,(H,22,23)/t18-/m0/s1. The molecule has 0 bridgehead atoms. The van der Waals surface area contributed by atoms with Crippen LogP contribution in [0, 0.1) is 5.92 Å². The van der Waals surface area contributed by atoms with Crippen molar-refractivity contribution in [2.45, 2.75) is 51.4 Å². The molecule has 1 aromatic rings. The number of carbonyl (C=O) groups excluding carboxylic acids is 2. The molecule has 1 atom stereocenters. The molecule has 2 aliphatic rings. The second kappa shape index (κ2) is 9.14. The predicted octanol–water partition coefficient (Wildman–Crippen LogP) is 2.21. The number of hydrogen-bond acceptors (Lipinski definition) is 6. The largest absolute Gasteiger partial charge is 0.547 e. The summed E-state index contributed by atoms with van der Waals surface area (Å²) >= 11 is 0. The third-order valence-corrected chi connectivity index (χ3v) is 5.18. The van der Waals surface area contributed by atoms with Gasteiger partial charge in [0.25, 0.3) is 0 Å². The first-order chi connectivity index (χ1) is 13.5. The molecular formula is C20H26BNO6. The minimum absolute atomic E-state index is 0.0423. The van der Waals surface area contributed by atoms with Crippen molar-refractivity contribution in [2.75, 3.05) is 6.79 Å². The lowest BCUT2D eigenvalue weighted by Gasteiger charge is -2.29. The molecule has 7 nitrogen and oxygen atoms in total. The number of ether oxygens (including phenoxy) is 2. The number of benzene rings is 1. The lowest BCUT2D eigenvalue weighted by molar-refractivity contribution is -0.157. The Morgan fingerprint density at radius 2 is 2.04 bits per heavy atom. The number of carbonyl (C=O) groups is 2. The van der Waals surface area contributed by atoms with Gasteiger partial charge in [0.15, 0.2) is 0 Å². The summed E-state index contributed by atoms with van der Waals surface area (Å²) in [5.41, 5.74) is 1.40. The van der Waals surface area contributed by atoms with Gasteiger partial charge >= 0.3 is 13.1 Å². The molecule has 0 aromatic heterocycles. The van der Waals surface area contributed by atoms with Crippen LogP contribution in [0.1, 0.15) is 50.2 Å². The lowest BCUT2D eigenvalue weighted by Crippen LogP contribution is -2.52. The molecule has 1 aromatic carbocycles. The summed E-state index contributed by atoms with van der Waals surface area (Å²) < 4.78 is 16.4. The maximum atomic E-state index is 12.1. The van der Waals surface area contributed by atoms with Crippen molar-refractivity contribution in [3.05, 3.63) is 35.9 Å². The van der Waals surface area contributed by atoms with Gasteiger partial charge < -0.3 is 24.5 Å². The van der Waals surface area contributed by atoms with Crippen LogP contribution in [0.25, 0.3) is 5.76 Å². The van der Waals surface area contributed by atoms with E-state index >= 15 is 0 Å². The zero-order valence-corrected chi connectivity index (χ0v) is 16.1. The Balaban J connectivity index is 1.59. The molecule has 0 saturated heterocycles. The van der Waals surface area contributed by atoms with Crippen LogP contribution in [-0.4, -0.2) is 36.8 Å². The quantitative estimate of drug-likeness (QED) is 0.337. The topological polar surface area (TPSA) is 94.1 Å². The first-order valence-electron chi connectivity index (χ1n) is 9.68. The Morgan fingerprint density at radius 1 is 1.29 bits per heavy atom. The van der Waals surface area contributed by atoms with Gasteiger partial charge in [-0.3, -0.25) is 9.59 Å². The van der Waals surface area contributed by atoms with Crippen LogP contribution in [0.3, 0.4) is 0 Å². The Kier molecular flexibility index (Phi) is 6.62. The molecule has 0 radical (unpaired) electrons. The summed E-state index contributed by atoms with van der Waals surface area (Å²) in [6, 6.07) is 5.44. The number of amides is 1. The van der Waals surface area contributed by atoms with E-state index in [4.69, 9.17) is 14.1 Å². The maximum absolute atomic E-state index is 12.1. The van der Waals surface area contributed by atoms with Crippen LogP contribution in [0.5, 0.6) is 5.75 Å². The number of nitrogens with one attached hydrogen (secondary N) is 1. The van der Waals surface area contributed by atoms with E-state index in [1.165, 1.54) is 13.3 Å². The van der Waals surface area contributed by atoms with Crippen molar-refractivity contribution in [1.82, 2.24) is 5.32 Å². The summed E-state index contributed by atoms with van der Waals surface area (Å²) in [5, 5.41) is 12.9. The summed E-state index contributed by atoms with van der Waals surface area (Å²) in [7, 11) is -1.17. The summed E-state index contributed by atoms with van der Waals surface area (Å²) in [6.07, 6.45) is 5.45. The second-order valence-electron chi connectivity index (χ2n) is 7.30. The van der Waals surface area contributed by atoms with Gasteiger partial charge in [0.05, 0.1) is 17.4 Å². The molecule has 1 aliphatic heterocycles. The van der Waals surface area contributed by atoms with Gasteiger partial charge in [0.1, 0.15) is 11.5 Å². The molecule has 2 N–H and O–H groups in total. The number of para-hydroxylation sites is 1. The van der Waals surface area contributed by atoms with Gasteiger partial charge in [-0.15, -0.1) is 0 Å². The highest BCUT2D eigenvalue weighted by molar-refractivity contribution is 6.46. The summed E-state index contributed by atoms with van der Waals surface area (Å²) in [6.45, 7) is 5.07. The molecule has 1 aliphatic carbocycles. The fraction of sp³-hybridized carbons (Fsp3) is 0.500. The Labute approximate surface area is 165 Å². The van der Waals surface area contributed by atoms with E-state index in [0.717, 1.165) is 31.2 Å². The van der Waals surface area contributed by atoms with E-state index in [2.05, 4.69) is 11.9 Å². The average molecular weight is 387 g/mol. The van der Waals surface area contributed by atoms with Crippen LogP contribution in [0.15, 0.2) is 24.8 Å². The molecule has 1 amide bonds. The van der Waals surface area contributed by atoms with E-state index < -0.39 is 13.1 Å². The minimum atomic E-state index is -1.17. The number of fused-ring (bicyclic) bond motifs is 1. The van der Waals surface area contributed by atoms with Crippen LogP contribution in [0.2, 0.25) is 0 Å². The molecular weight excluding hydrogens is 361 g/mol. The number of rotatable bonds is 6. The molecule has 150 valence electrons. The smallest absolute Gasteiger partial charge is 0.534 e. The Morgan fingerprint density at radius 3 is 2.75 bits per heavy atom. The van der Waals surface area contributed by atoms with Crippen LogP contribution in [0.4, 0.5) is 0 Å². The van der Waals surface area contributed by atoms with Crippen molar-refractivity contribution in [3.8, 4) is 5.75 Å². The van der Waals surface area contributed by atoms with E-state index in [1.54, 1.807) is 6.07 Å². The van der Waals surface area contributed by atoms with E-state index in [-0.39, 0.29) is 24.6 Å². The highest BCUT2D eigenvalue weighted by atomic mass is 16.7. The van der Waals surface area contributed by atoms with Crippen molar-refractivity contribution in [1.29, 1.82) is 0 Å².